The molecule has 0 bridgehead atoms. The molecule has 2 heterocycles. The van der Waals surface area contributed by atoms with E-state index < -0.39 is 0 Å². The Balaban J connectivity index is 2.04. The molecule has 2 amide bonds. The third-order valence-electron chi connectivity index (χ3n) is 2.56. The Bertz CT molecular complexity index is 464. The summed E-state index contributed by atoms with van der Waals surface area (Å²) in [7, 11) is 0. The van der Waals surface area contributed by atoms with Crippen molar-refractivity contribution in [1.82, 2.24) is 10.2 Å². The molecule has 1 aliphatic rings. The van der Waals surface area contributed by atoms with Crippen LogP contribution < -0.4 is 5.32 Å². The fourth-order valence-electron chi connectivity index (χ4n) is 1.75. The van der Waals surface area contributed by atoms with E-state index in [9.17, 15) is 9.59 Å². The molecular formula is C11H13BrN2O2S2. The van der Waals surface area contributed by atoms with Gasteiger partial charge in [-0.3, -0.25) is 9.59 Å². The minimum Gasteiger partial charge on any atom is -0.355 e. The van der Waals surface area contributed by atoms with E-state index >= 15 is 0 Å². The summed E-state index contributed by atoms with van der Waals surface area (Å²) < 4.78 is 1.05. The molecule has 0 aliphatic carbocycles. The minimum absolute atomic E-state index is 0.0665. The monoisotopic (exact) mass is 348 g/mol. The van der Waals surface area contributed by atoms with Gasteiger partial charge in [0.05, 0.1) is 10.6 Å². The zero-order chi connectivity index (χ0) is 13.1. The van der Waals surface area contributed by atoms with Gasteiger partial charge >= 0.3 is 0 Å². The second-order valence-electron chi connectivity index (χ2n) is 3.87. The second kappa shape index (κ2) is 6.08. The Morgan fingerprint density at radius 1 is 1.67 bits per heavy atom. The van der Waals surface area contributed by atoms with Crippen molar-refractivity contribution in [2.24, 2.45) is 0 Å². The Morgan fingerprint density at radius 2 is 2.44 bits per heavy atom. The number of thiophene rings is 1. The first kappa shape index (κ1) is 13.9. The Hall–Kier alpha value is -0.530. The summed E-state index contributed by atoms with van der Waals surface area (Å²) in [5.74, 6) is 0.577. The maximum atomic E-state index is 11.8. The third kappa shape index (κ3) is 3.07. The highest BCUT2D eigenvalue weighted by atomic mass is 79.9. The van der Waals surface area contributed by atoms with E-state index in [1.54, 1.807) is 23.1 Å². The fraction of sp³-hybridized carbons (Fsp3) is 0.455. The van der Waals surface area contributed by atoms with E-state index in [1.807, 2.05) is 16.3 Å². The Labute approximate surface area is 122 Å². The topological polar surface area (TPSA) is 49.4 Å². The zero-order valence-electron chi connectivity index (χ0n) is 9.81. The highest BCUT2D eigenvalue weighted by Gasteiger charge is 2.34. The van der Waals surface area contributed by atoms with Crippen LogP contribution in [0.5, 0.6) is 0 Å². The average Bonchev–Trinajstić information content (AvgIpc) is 2.86. The lowest BCUT2D eigenvalue weighted by molar-refractivity contribution is -0.128. The predicted molar refractivity (Wildman–Crippen MR) is 77.6 cm³/mol. The smallest absolute Gasteiger partial charge is 0.233 e. The molecule has 0 saturated carbocycles. The van der Waals surface area contributed by atoms with Crippen molar-refractivity contribution in [2.45, 2.75) is 12.3 Å². The van der Waals surface area contributed by atoms with Crippen molar-refractivity contribution in [2.75, 3.05) is 18.8 Å². The molecule has 1 atom stereocenters. The number of amides is 2. The summed E-state index contributed by atoms with van der Waals surface area (Å²) in [6.45, 7) is 2.54. The molecule has 0 spiro atoms. The quantitative estimate of drug-likeness (QED) is 0.907. The Kier molecular flexibility index (Phi) is 4.69. The van der Waals surface area contributed by atoms with Crippen LogP contribution in [0.2, 0.25) is 0 Å². The van der Waals surface area contributed by atoms with Gasteiger partial charge in [0.15, 0.2) is 0 Å². The third-order valence-corrected chi connectivity index (χ3v) is 5.86. The van der Waals surface area contributed by atoms with Crippen LogP contribution in [0.1, 0.15) is 17.2 Å². The molecule has 1 aliphatic heterocycles. The highest BCUT2D eigenvalue weighted by molar-refractivity contribution is 9.10. The number of carbonyl (C=O) groups excluding carboxylic acids is 2. The van der Waals surface area contributed by atoms with Crippen LogP contribution in [0, 0.1) is 0 Å². The van der Waals surface area contributed by atoms with Crippen LogP contribution >= 0.6 is 39.0 Å². The van der Waals surface area contributed by atoms with Crippen molar-refractivity contribution < 1.29 is 9.59 Å². The largest absolute Gasteiger partial charge is 0.355 e. The first-order chi connectivity index (χ1) is 8.59. The number of nitrogens with zero attached hydrogens (tertiary/aromatic N) is 1. The molecule has 0 radical (unpaired) electrons. The van der Waals surface area contributed by atoms with Crippen LogP contribution in [0.25, 0.3) is 0 Å². The van der Waals surface area contributed by atoms with Crippen LogP contribution in [0.15, 0.2) is 15.9 Å². The van der Waals surface area contributed by atoms with Crippen molar-refractivity contribution in [3.05, 3.63) is 20.8 Å². The number of hydrogen-bond acceptors (Lipinski definition) is 4. The van der Waals surface area contributed by atoms with Gasteiger partial charge in [-0.1, -0.05) is 0 Å². The van der Waals surface area contributed by atoms with Gasteiger partial charge in [-0.15, -0.1) is 23.1 Å². The molecule has 2 rings (SSSR count). The van der Waals surface area contributed by atoms with Crippen molar-refractivity contribution in [3.63, 3.8) is 0 Å². The maximum Gasteiger partial charge on any atom is 0.233 e. The summed E-state index contributed by atoms with van der Waals surface area (Å²) in [5, 5.41) is 4.80. The first-order valence-corrected chi connectivity index (χ1v) is 8.20. The van der Waals surface area contributed by atoms with Crippen LogP contribution in [0.4, 0.5) is 0 Å². The van der Waals surface area contributed by atoms with Crippen molar-refractivity contribution in [3.8, 4) is 0 Å². The molecule has 1 fully saturated rings. The lowest BCUT2D eigenvalue weighted by Crippen LogP contribution is -2.36. The molecule has 1 saturated heterocycles. The van der Waals surface area contributed by atoms with Gasteiger partial charge in [0.2, 0.25) is 11.8 Å². The summed E-state index contributed by atoms with van der Waals surface area (Å²) in [6.07, 6.45) is 0. The van der Waals surface area contributed by atoms with Gasteiger partial charge in [-0.25, -0.2) is 0 Å². The number of halogens is 1. The minimum atomic E-state index is -0.0665. The predicted octanol–water partition coefficient (Wildman–Crippen LogP) is 2.22. The summed E-state index contributed by atoms with van der Waals surface area (Å²) in [5.41, 5.74) is 0. The van der Waals surface area contributed by atoms with E-state index in [0.29, 0.717) is 18.8 Å². The van der Waals surface area contributed by atoms with E-state index in [-0.39, 0.29) is 17.2 Å². The van der Waals surface area contributed by atoms with E-state index in [2.05, 4.69) is 21.2 Å². The average molecular weight is 349 g/mol. The molecule has 98 valence electrons. The van der Waals surface area contributed by atoms with Gasteiger partial charge in [0, 0.05) is 24.5 Å². The van der Waals surface area contributed by atoms with Crippen molar-refractivity contribution >= 4 is 50.8 Å². The van der Waals surface area contributed by atoms with Gasteiger partial charge < -0.3 is 10.2 Å². The van der Waals surface area contributed by atoms with E-state index in [4.69, 9.17) is 0 Å². The van der Waals surface area contributed by atoms with Crippen LogP contribution in [-0.2, 0) is 9.59 Å². The molecule has 1 N–H and O–H groups in total. The van der Waals surface area contributed by atoms with Gasteiger partial charge in [-0.05, 0) is 27.4 Å². The molecule has 0 aromatic carbocycles. The fourth-order valence-corrected chi connectivity index (χ4v) is 5.00. The van der Waals surface area contributed by atoms with Crippen LogP contribution in [0.3, 0.4) is 0 Å². The molecule has 18 heavy (non-hydrogen) atoms. The van der Waals surface area contributed by atoms with Crippen LogP contribution in [-0.4, -0.2) is 35.6 Å². The molecule has 1 unspecified atom stereocenters. The SMILES string of the molecule is CC(=O)NCCN1C(=O)CSC1c1sccc1Br. The molecular weight excluding hydrogens is 336 g/mol. The Morgan fingerprint density at radius 3 is 3.06 bits per heavy atom. The second-order valence-corrected chi connectivity index (χ2v) is 6.74. The number of nitrogens with one attached hydrogen (secondary N) is 1. The van der Waals surface area contributed by atoms with Gasteiger partial charge in [0.25, 0.3) is 0 Å². The lowest BCUT2D eigenvalue weighted by atomic mass is 10.4. The molecule has 4 nitrogen and oxygen atoms in total. The number of hydrogen-bond donors (Lipinski definition) is 1. The number of thioether (sulfide) groups is 1. The van der Waals surface area contributed by atoms with Gasteiger partial charge in [0.1, 0.15) is 5.37 Å². The van der Waals surface area contributed by atoms with Crippen molar-refractivity contribution in [1.29, 1.82) is 0 Å². The summed E-state index contributed by atoms with van der Waals surface area (Å²) in [6, 6.07) is 2.00. The summed E-state index contributed by atoms with van der Waals surface area (Å²) >= 11 is 6.78. The summed E-state index contributed by atoms with van der Waals surface area (Å²) in [4.78, 5) is 25.7. The molecule has 7 heteroatoms. The van der Waals surface area contributed by atoms with E-state index in [0.717, 1.165) is 9.35 Å². The van der Waals surface area contributed by atoms with E-state index in [1.165, 1.54) is 6.92 Å². The number of carbonyl (C=O) groups is 2. The highest BCUT2D eigenvalue weighted by Crippen LogP contribution is 2.43. The normalized spacial score (nSPS) is 19.3. The standard InChI is InChI=1S/C11H13BrN2O2S2/c1-7(15)13-3-4-14-9(16)6-18-11(14)10-8(12)2-5-17-10/h2,5,11H,3-4,6H2,1H3,(H,13,15). The van der Waals surface area contributed by atoms with Gasteiger partial charge in [-0.2, -0.15) is 0 Å². The number of rotatable bonds is 4. The maximum absolute atomic E-state index is 11.8. The zero-order valence-corrected chi connectivity index (χ0v) is 13.0. The lowest BCUT2D eigenvalue weighted by Gasteiger charge is -2.23. The first-order valence-electron chi connectivity index (χ1n) is 5.48. The molecule has 1 aromatic heterocycles. The molecule has 1 aromatic rings.